The third-order valence-electron chi connectivity index (χ3n) is 3.08. The molecule has 0 radical (unpaired) electrons. The van der Waals surface area contributed by atoms with E-state index in [1.807, 2.05) is 18.7 Å². The van der Waals surface area contributed by atoms with Crippen LogP contribution in [0.15, 0.2) is 0 Å². The van der Waals surface area contributed by atoms with Crippen molar-refractivity contribution in [2.45, 2.75) is 20.3 Å². The molecule has 1 fully saturated rings. The topological polar surface area (TPSA) is 35.6 Å². The van der Waals surface area contributed by atoms with Gasteiger partial charge in [-0.05, 0) is 39.8 Å². The first kappa shape index (κ1) is 12.3. The number of likely N-dealkylation sites (tertiary alicyclic amines) is 1. The summed E-state index contributed by atoms with van der Waals surface area (Å²) in [5.41, 5.74) is 0. The number of amides is 2. The molecule has 1 saturated heterocycles. The summed E-state index contributed by atoms with van der Waals surface area (Å²) in [7, 11) is 2.13. The Bertz CT molecular complexity index is 204. The number of nitrogens with one attached hydrogen (secondary N) is 1. The number of rotatable bonds is 4. The second kappa shape index (κ2) is 5.95. The minimum absolute atomic E-state index is 0.0783. The molecule has 4 heteroatoms. The largest absolute Gasteiger partial charge is 0.338 e. The smallest absolute Gasteiger partial charge is 0.317 e. The van der Waals surface area contributed by atoms with Crippen molar-refractivity contribution in [3.63, 3.8) is 0 Å². The molecule has 0 bridgehead atoms. The number of carbonyl (C=O) groups excluding carboxylic acids is 1. The Hall–Kier alpha value is -0.770. The SMILES string of the molecule is CCN(CC)C(=O)NCC1CCN(C)C1. The van der Waals surface area contributed by atoms with E-state index in [0.717, 1.165) is 32.7 Å². The molecule has 0 aliphatic carbocycles. The number of hydrogen-bond donors (Lipinski definition) is 1. The average Bonchev–Trinajstić information content (AvgIpc) is 2.63. The standard InChI is InChI=1S/C11H23N3O/c1-4-14(5-2)11(15)12-8-10-6-7-13(3)9-10/h10H,4-9H2,1-3H3,(H,12,15). The first-order valence-corrected chi connectivity index (χ1v) is 5.88. The molecule has 0 aromatic carbocycles. The Morgan fingerprint density at radius 2 is 2.13 bits per heavy atom. The van der Waals surface area contributed by atoms with Gasteiger partial charge in [0, 0.05) is 26.2 Å². The molecule has 1 atom stereocenters. The van der Waals surface area contributed by atoms with Crippen molar-refractivity contribution in [3.05, 3.63) is 0 Å². The molecule has 0 aromatic rings. The highest BCUT2D eigenvalue weighted by Crippen LogP contribution is 2.12. The Morgan fingerprint density at radius 1 is 1.47 bits per heavy atom. The lowest BCUT2D eigenvalue weighted by molar-refractivity contribution is 0.201. The molecule has 88 valence electrons. The molecule has 1 heterocycles. The van der Waals surface area contributed by atoms with Gasteiger partial charge in [-0.3, -0.25) is 0 Å². The summed E-state index contributed by atoms with van der Waals surface area (Å²) < 4.78 is 0. The average molecular weight is 213 g/mol. The van der Waals surface area contributed by atoms with Crippen molar-refractivity contribution in [2.24, 2.45) is 5.92 Å². The van der Waals surface area contributed by atoms with E-state index in [4.69, 9.17) is 0 Å². The molecule has 1 aliphatic heterocycles. The van der Waals surface area contributed by atoms with Gasteiger partial charge in [0.1, 0.15) is 0 Å². The quantitative estimate of drug-likeness (QED) is 0.756. The molecule has 0 spiro atoms. The second-order valence-electron chi connectivity index (χ2n) is 4.28. The van der Waals surface area contributed by atoms with E-state index in [0.29, 0.717) is 5.92 Å². The zero-order chi connectivity index (χ0) is 11.3. The highest BCUT2D eigenvalue weighted by molar-refractivity contribution is 5.74. The van der Waals surface area contributed by atoms with Crippen molar-refractivity contribution >= 4 is 6.03 Å². The van der Waals surface area contributed by atoms with Crippen molar-refractivity contribution in [2.75, 3.05) is 39.8 Å². The molecular weight excluding hydrogens is 190 g/mol. The lowest BCUT2D eigenvalue weighted by Crippen LogP contribution is -2.41. The summed E-state index contributed by atoms with van der Waals surface area (Å²) in [5, 5.41) is 3.01. The van der Waals surface area contributed by atoms with Gasteiger partial charge in [0.2, 0.25) is 0 Å². The van der Waals surface area contributed by atoms with Crippen LogP contribution in [-0.4, -0.2) is 55.6 Å². The van der Waals surface area contributed by atoms with E-state index in [-0.39, 0.29) is 6.03 Å². The molecule has 1 N–H and O–H groups in total. The number of hydrogen-bond acceptors (Lipinski definition) is 2. The van der Waals surface area contributed by atoms with E-state index in [2.05, 4.69) is 17.3 Å². The highest BCUT2D eigenvalue weighted by atomic mass is 16.2. The first-order valence-electron chi connectivity index (χ1n) is 5.88. The summed E-state index contributed by atoms with van der Waals surface area (Å²) in [6.07, 6.45) is 1.20. The van der Waals surface area contributed by atoms with Crippen LogP contribution in [0.3, 0.4) is 0 Å². The van der Waals surface area contributed by atoms with Crippen LogP contribution in [0.5, 0.6) is 0 Å². The lowest BCUT2D eigenvalue weighted by atomic mass is 10.1. The predicted octanol–water partition coefficient (Wildman–Crippen LogP) is 0.989. The Balaban J connectivity index is 2.21. The van der Waals surface area contributed by atoms with Gasteiger partial charge in [-0.2, -0.15) is 0 Å². The fourth-order valence-corrected chi connectivity index (χ4v) is 2.05. The molecule has 4 nitrogen and oxygen atoms in total. The van der Waals surface area contributed by atoms with Crippen LogP contribution in [0, 0.1) is 5.92 Å². The van der Waals surface area contributed by atoms with E-state index < -0.39 is 0 Å². The monoisotopic (exact) mass is 213 g/mol. The van der Waals surface area contributed by atoms with Crippen LogP contribution in [0.2, 0.25) is 0 Å². The van der Waals surface area contributed by atoms with Crippen LogP contribution in [0.4, 0.5) is 4.79 Å². The van der Waals surface area contributed by atoms with E-state index in [9.17, 15) is 4.79 Å². The van der Waals surface area contributed by atoms with Crippen LogP contribution < -0.4 is 5.32 Å². The maximum atomic E-state index is 11.6. The second-order valence-corrected chi connectivity index (χ2v) is 4.28. The minimum Gasteiger partial charge on any atom is -0.338 e. The highest BCUT2D eigenvalue weighted by Gasteiger charge is 2.20. The molecule has 2 amide bonds. The Labute approximate surface area is 92.6 Å². The maximum Gasteiger partial charge on any atom is 0.317 e. The van der Waals surface area contributed by atoms with Gasteiger partial charge in [0.15, 0.2) is 0 Å². The van der Waals surface area contributed by atoms with E-state index >= 15 is 0 Å². The summed E-state index contributed by atoms with van der Waals surface area (Å²) in [6.45, 7) is 8.67. The third kappa shape index (κ3) is 3.70. The maximum absolute atomic E-state index is 11.6. The fourth-order valence-electron chi connectivity index (χ4n) is 2.05. The Kier molecular flexibility index (Phi) is 4.88. The molecule has 1 rings (SSSR count). The number of nitrogens with zero attached hydrogens (tertiary/aromatic N) is 2. The summed E-state index contributed by atoms with van der Waals surface area (Å²) in [5.74, 6) is 0.634. The molecule has 15 heavy (non-hydrogen) atoms. The van der Waals surface area contributed by atoms with Crippen LogP contribution >= 0.6 is 0 Å². The number of urea groups is 1. The lowest BCUT2D eigenvalue weighted by Gasteiger charge is -2.20. The summed E-state index contributed by atoms with van der Waals surface area (Å²) >= 11 is 0. The fraction of sp³-hybridized carbons (Fsp3) is 0.909. The van der Waals surface area contributed by atoms with Gasteiger partial charge in [-0.1, -0.05) is 0 Å². The molecule has 0 aromatic heterocycles. The van der Waals surface area contributed by atoms with Crippen LogP contribution in [0.25, 0.3) is 0 Å². The van der Waals surface area contributed by atoms with Gasteiger partial charge >= 0.3 is 6.03 Å². The van der Waals surface area contributed by atoms with Gasteiger partial charge in [0.25, 0.3) is 0 Å². The van der Waals surface area contributed by atoms with E-state index in [1.54, 1.807) is 0 Å². The van der Waals surface area contributed by atoms with Gasteiger partial charge in [0.05, 0.1) is 0 Å². The third-order valence-corrected chi connectivity index (χ3v) is 3.08. The molecule has 1 aliphatic rings. The van der Waals surface area contributed by atoms with Crippen molar-refractivity contribution in [3.8, 4) is 0 Å². The summed E-state index contributed by atoms with van der Waals surface area (Å²) in [4.78, 5) is 15.8. The first-order chi connectivity index (χ1) is 7.17. The Morgan fingerprint density at radius 3 is 2.60 bits per heavy atom. The molecule has 0 saturated carbocycles. The van der Waals surface area contributed by atoms with Gasteiger partial charge < -0.3 is 15.1 Å². The van der Waals surface area contributed by atoms with Crippen molar-refractivity contribution < 1.29 is 4.79 Å². The normalized spacial score (nSPS) is 21.7. The zero-order valence-electron chi connectivity index (χ0n) is 10.1. The minimum atomic E-state index is 0.0783. The van der Waals surface area contributed by atoms with Gasteiger partial charge in [-0.15, -0.1) is 0 Å². The van der Waals surface area contributed by atoms with Crippen molar-refractivity contribution in [1.82, 2.24) is 15.1 Å². The van der Waals surface area contributed by atoms with Crippen LogP contribution in [-0.2, 0) is 0 Å². The molecular formula is C11H23N3O. The van der Waals surface area contributed by atoms with Gasteiger partial charge in [-0.25, -0.2) is 4.79 Å². The molecule has 1 unspecified atom stereocenters. The number of carbonyl (C=O) groups is 1. The summed E-state index contributed by atoms with van der Waals surface area (Å²) in [6, 6.07) is 0.0783. The van der Waals surface area contributed by atoms with Crippen molar-refractivity contribution in [1.29, 1.82) is 0 Å². The van der Waals surface area contributed by atoms with Crippen LogP contribution in [0.1, 0.15) is 20.3 Å². The predicted molar refractivity (Wildman–Crippen MR) is 61.9 cm³/mol. The van der Waals surface area contributed by atoms with E-state index in [1.165, 1.54) is 6.42 Å². The zero-order valence-corrected chi connectivity index (χ0v) is 10.1.